The molecule has 0 aliphatic rings. The van der Waals surface area contributed by atoms with E-state index in [2.05, 4.69) is 5.32 Å². The highest BCUT2D eigenvalue weighted by molar-refractivity contribution is 5.72. The molecule has 0 bridgehead atoms. The summed E-state index contributed by atoms with van der Waals surface area (Å²) in [4.78, 5) is 21.1. The van der Waals surface area contributed by atoms with Gasteiger partial charge in [0, 0.05) is 13.5 Å². The maximum atomic E-state index is 11.0. The molecule has 0 saturated carbocycles. The van der Waals surface area contributed by atoms with Gasteiger partial charge < -0.3 is 20.3 Å². The minimum Gasteiger partial charge on any atom is -0.497 e. The molecule has 0 fully saturated rings. The molecule has 3 N–H and O–H groups in total. The average Bonchev–Trinajstić information content (AvgIpc) is 2.45. The highest BCUT2D eigenvalue weighted by Gasteiger charge is 2.26. The van der Waals surface area contributed by atoms with Gasteiger partial charge in [-0.05, 0) is 18.6 Å². The summed E-state index contributed by atoms with van der Waals surface area (Å²) in [5.41, 5.74) is -0.337. The zero-order chi connectivity index (χ0) is 16.0. The van der Waals surface area contributed by atoms with Crippen LogP contribution in [0.1, 0.15) is 25.0 Å². The van der Waals surface area contributed by atoms with Gasteiger partial charge in [-0.15, -0.1) is 0 Å². The number of rotatable bonds is 7. The van der Waals surface area contributed by atoms with Crippen molar-refractivity contribution in [3.05, 3.63) is 33.9 Å². The number of aliphatic hydroxyl groups excluding tert-OH is 2. The van der Waals surface area contributed by atoms with Crippen molar-refractivity contribution >= 4 is 11.6 Å². The molecule has 2 atom stereocenters. The molecule has 0 aliphatic heterocycles. The number of hydrogen-bond donors (Lipinski definition) is 3. The summed E-state index contributed by atoms with van der Waals surface area (Å²) in [5, 5.41) is 33.4. The van der Waals surface area contributed by atoms with Gasteiger partial charge in [0.15, 0.2) is 0 Å². The highest BCUT2D eigenvalue weighted by Crippen LogP contribution is 2.31. The summed E-state index contributed by atoms with van der Waals surface area (Å²) in [6.07, 6.45) is -2.58. The van der Waals surface area contributed by atoms with Crippen molar-refractivity contribution in [2.75, 3.05) is 13.7 Å². The number of nitro benzene ring substituents is 1. The molecule has 116 valence electrons. The zero-order valence-electron chi connectivity index (χ0n) is 11.8. The lowest BCUT2D eigenvalue weighted by Crippen LogP contribution is -2.27. The number of benzene rings is 1. The molecule has 1 amide bonds. The van der Waals surface area contributed by atoms with Gasteiger partial charge in [-0.1, -0.05) is 0 Å². The van der Waals surface area contributed by atoms with Crippen LogP contribution in [-0.4, -0.2) is 40.8 Å². The third kappa shape index (κ3) is 4.69. The van der Waals surface area contributed by atoms with Crippen molar-refractivity contribution in [3.63, 3.8) is 0 Å². The molecule has 0 spiro atoms. The molecule has 0 radical (unpaired) electrons. The summed E-state index contributed by atoms with van der Waals surface area (Å²) >= 11 is 0. The molecule has 8 heteroatoms. The van der Waals surface area contributed by atoms with Crippen molar-refractivity contribution in [3.8, 4) is 5.75 Å². The Kier molecular flexibility index (Phi) is 6.07. The molecule has 1 rings (SSSR count). The van der Waals surface area contributed by atoms with Crippen LogP contribution < -0.4 is 10.1 Å². The number of nitrogens with one attached hydrogen (secondary N) is 1. The molecular weight excluding hydrogens is 280 g/mol. The Morgan fingerprint density at radius 3 is 2.67 bits per heavy atom. The van der Waals surface area contributed by atoms with E-state index in [-0.39, 0.29) is 35.9 Å². The van der Waals surface area contributed by atoms with Crippen LogP contribution in [0.15, 0.2) is 18.2 Å². The summed E-state index contributed by atoms with van der Waals surface area (Å²) in [6, 6.07) is 3.98. The topological polar surface area (TPSA) is 122 Å². The van der Waals surface area contributed by atoms with Gasteiger partial charge in [0.1, 0.15) is 11.9 Å². The Hall–Kier alpha value is -2.19. The van der Waals surface area contributed by atoms with Gasteiger partial charge >= 0.3 is 0 Å². The first kappa shape index (κ1) is 16.9. The van der Waals surface area contributed by atoms with Gasteiger partial charge in [-0.25, -0.2) is 0 Å². The molecular formula is C13H18N2O6. The van der Waals surface area contributed by atoms with Crippen LogP contribution in [-0.2, 0) is 4.79 Å². The van der Waals surface area contributed by atoms with Gasteiger partial charge in [0.25, 0.3) is 5.69 Å². The highest BCUT2D eigenvalue weighted by atomic mass is 16.6. The number of amides is 1. The Morgan fingerprint density at radius 1 is 1.48 bits per heavy atom. The maximum Gasteiger partial charge on any atom is 0.279 e. The molecule has 0 saturated heterocycles. The van der Waals surface area contributed by atoms with E-state index in [1.165, 1.54) is 32.2 Å². The van der Waals surface area contributed by atoms with Gasteiger partial charge in [0.2, 0.25) is 5.91 Å². The van der Waals surface area contributed by atoms with E-state index in [1.807, 2.05) is 0 Å². The third-order valence-corrected chi connectivity index (χ3v) is 2.93. The smallest absolute Gasteiger partial charge is 0.279 e. The van der Waals surface area contributed by atoms with Crippen LogP contribution in [0.3, 0.4) is 0 Å². The van der Waals surface area contributed by atoms with E-state index >= 15 is 0 Å². The fourth-order valence-corrected chi connectivity index (χ4v) is 1.82. The molecule has 0 aromatic heterocycles. The van der Waals surface area contributed by atoms with Crippen molar-refractivity contribution in [1.82, 2.24) is 5.32 Å². The second-order valence-corrected chi connectivity index (χ2v) is 4.47. The van der Waals surface area contributed by atoms with Gasteiger partial charge in [-0.3, -0.25) is 14.9 Å². The number of nitrogens with zero attached hydrogens (tertiary/aromatic N) is 1. The first-order chi connectivity index (χ1) is 9.86. The normalized spacial score (nSPS) is 13.3. The van der Waals surface area contributed by atoms with Crippen LogP contribution in [0, 0.1) is 10.1 Å². The summed E-state index contributed by atoms with van der Waals surface area (Å²) in [6.45, 7) is 1.49. The SMILES string of the molecule is COc1ccc(C(O)C(O)CCNC(C)=O)c([N+](=O)[O-])c1. The Bertz CT molecular complexity index is 519. The van der Waals surface area contributed by atoms with Gasteiger partial charge in [0.05, 0.1) is 29.8 Å². The van der Waals surface area contributed by atoms with E-state index < -0.39 is 17.1 Å². The van der Waals surface area contributed by atoms with Crippen molar-refractivity contribution in [2.45, 2.75) is 25.6 Å². The van der Waals surface area contributed by atoms with Crippen molar-refractivity contribution < 1.29 is 24.7 Å². The monoisotopic (exact) mass is 298 g/mol. The molecule has 2 unspecified atom stereocenters. The number of carbonyl (C=O) groups is 1. The summed E-state index contributed by atoms with van der Waals surface area (Å²) in [7, 11) is 1.37. The number of nitro groups is 1. The standard InChI is InChI=1S/C13H18N2O6/c1-8(16)14-6-5-12(17)13(18)10-4-3-9(21-2)7-11(10)15(19)20/h3-4,7,12-13,17-18H,5-6H2,1-2H3,(H,14,16). The van der Waals surface area contributed by atoms with E-state index in [0.29, 0.717) is 0 Å². The molecule has 0 aliphatic carbocycles. The van der Waals surface area contributed by atoms with Crippen LogP contribution in [0.5, 0.6) is 5.75 Å². The lowest BCUT2D eigenvalue weighted by Gasteiger charge is -2.18. The first-order valence-corrected chi connectivity index (χ1v) is 6.29. The first-order valence-electron chi connectivity index (χ1n) is 6.29. The third-order valence-electron chi connectivity index (χ3n) is 2.93. The summed E-state index contributed by atoms with van der Waals surface area (Å²) < 4.78 is 4.90. The van der Waals surface area contributed by atoms with E-state index in [0.717, 1.165) is 0 Å². The molecule has 1 aromatic carbocycles. The minimum absolute atomic E-state index is 0.00359. The lowest BCUT2D eigenvalue weighted by atomic mass is 10.00. The molecule has 21 heavy (non-hydrogen) atoms. The predicted molar refractivity (Wildman–Crippen MR) is 73.9 cm³/mol. The van der Waals surface area contributed by atoms with Crippen LogP contribution in [0.4, 0.5) is 5.69 Å². The van der Waals surface area contributed by atoms with E-state index in [1.54, 1.807) is 0 Å². The zero-order valence-corrected chi connectivity index (χ0v) is 11.8. The predicted octanol–water partition coefficient (Wildman–Crippen LogP) is 0.524. The number of ether oxygens (including phenoxy) is 1. The Morgan fingerprint density at radius 2 is 2.14 bits per heavy atom. The molecule has 8 nitrogen and oxygen atoms in total. The largest absolute Gasteiger partial charge is 0.497 e. The lowest BCUT2D eigenvalue weighted by molar-refractivity contribution is -0.386. The second kappa shape index (κ2) is 7.55. The summed E-state index contributed by atoms with van der Waals surface area (Å²) in [5.74, 6) is 0.0255. The molecule has 1 aromatic rings. The van der Waals surface area contributed by atoms with Crippen LogP contribution in [0.25, 0.3) is 0 Å². The maximum absolute atomic E-state index is 11.0. The second-order valence-electron chi connectivity index (χ2n) is 4.47. The minimum atomic E-state index is -1.43. The number of carbonyl (C=O) groups excluding carboxylic acids is 1. The fourth-order valence-electron chi connectivity index (χ4n) is 1.82. The Balaban J connectivity index is 2.87. The average molecular weight is 298 g/mol. The van der Waals surface area contributed by atoms with E-state index in [9.17, 15) is 25.1 Å². The van der Waals surface area contributed by atoms with Crippen molar-refractivity contribution in [2.24, 2.45) is 0 Å². The van der Waals surface area contributed by atoms with Gasteiger partial charge in [-0.2, -0.15) is 0 Å². The Labute approximate surface area is 121 Å². The molecule has 0 heterocycles. The van der Waals surface area contributed by atoms with Crippen molar-refractivity contribution in [1.29, 1.82) is 0 Å². The number of methoxy groups -OCH3 is 1. The van der Waals surface area contributed by atoms with Crippen LogP contribution in [0.2, 0.25) is 0 Å². The quantitative estimate of drug-likeness (QED) is 0.498. The van der Waals surface area contributed by atoms with E-state index in [4.69, 9.17) is 4.74 Å². The number of hydrogen-bond acceptors (Lipinski definition) is 6. The number of aliphatic hydroxyl groups is 2. The fraction of sp³-hybridized carbons (Fsp3) is 0.462. The van der Waals surface area contributed by atoms with Crippen LogP contribution >= 0.6 is 0 Å².